The van der Waals surface area contributed by atoms with Crippen LogP contribution < -0.4 is 0 Å². The van der Waals surface area contributed by atoms with E-state index in [1.807, 2.05) is 0 Å². The molecule has 4 heteroatoms. The standard InChI is InChI=1S/C12H16N2O2/c1-13-9-5-3-2-4-6-10(9)14(7-8-15)12-11(13)16-12/h3-6,11-12,15H,2,7-8H2,1H3. The molecule has 0 aromatic carbocycles. The van der Waals surface area contributed by atoms with Gasteiger partial charge in [-0.25, -0.2) is 0 Å². The molecule has 0 spiro atoms. The SMILES string of the molecule is CN1C2=C(C=CCC=C2)N(CCO)C2OC21. The number of nitrogens with zero attached hydrogens (tertiary/aromatic N) is 2. The highest BCUT2D eigenvalue weighted by atomic mass is 16.6. The third kappa shape index (κ3) is 1.37. The molecule has 0 radical (unpaired) electrons. The average molecular weight is 220 g/mol. The van der Waals surface area contributed by atoms with Gasteiger partial charge in [0, 0.05) is 13.6 Å². The Morgan fingerprint density at radius 1 is 1.31 bits per heavy atom. The Kier molecular flexibility index (Phi) is 2.26. The summed E-state index contributed by atoms with van der Waals surface area (Å²) in [7, 11) is 2.06. The number of aliphatic hydroxyl groups is 1. The highest BCUT2D eigenvalue weighted by molar-refractivity contribution is 5.38. The van der Waals surface area contributed by atoms with Crippen molar-refractivity contribution in [2.24, 2.45) is 0 Å². The average Bonchev–Trinajstić information content (AvgIpc) is 3.07. The number of rotatable bonds is 2. The van der Waals surface area contributed by atoms with Crippen molar-refractivity contribution < 1.29 is 9.84 Å². The van der Waals surface area contributed by atoms with Gasteiger partial charge in [-0.1, -0.05) is 12.2 Å². The summed E-state index contributed by atoms with van der Waals surface area (Å²) >= 11 is 0. The quantitative estimate of drug-likeness (QED) is 0.693. The fourth-order valence-electron chi connectivity index (χ4n) is 2.39. The molecule has 4 nitrogen and oxygen atoms in total. The highest BCUT2D eigenvalue weighted by Crippen LogP contribution is 2.40. The molecular weight excluding hydrogens is 204 g/mol. The number of hydrogen-bond donors (Lipinski definition) is 1. The second kappa shape index (κ2) is 3.64. The summed E-state index contributed by atoms with van der Waals surface area (Å²) in [5.41, 5.74) is 2.34. The molecule has 2 unspecified atom stereocenters. The summed E-state index contributed by atoms with van der Waals surface area (Å²) in [5.74, 6) is 0. The van der Waals surface area contributed by atoms with Crippen LogP contribution in [0.25, 0.3) is 0 Å². The predicted octanol–water partition coefficient (Wildman–Crippen LogP) is 0.636. The van der Waals surface area contributed by atoms with Crippen LogP contribution in [-0.2, 0) is 4.74 Å². The van der Waals surface area contributed by atoms with E-state index in [9.17, 15) is 0 Å². The van der Waals surface area contributed by atoms with Gasteiger partial charge >= 0.3 is 0 Å². The van der Waals surface area contributed by atoms with Crippen molar-refractivity contribution in [1.29, 1.82) is 0 Å². The van der Waals surface area contributed by atoms with E-state index in [1.54, 1.807) is 0 Å². The van der Waals surface area contributed by atoms with Gasteiger partial charge in [-0.2, -0.15) is 0 Å². The van der Waals surface area contributed by atoms with Gasteiger partial charge in [0.2, 0.25) is 0 Å². The normalized spacial score (nSPS) is 31.4. The number of fused-ring (bicyclic) bond motifs is 1. The molecule has 1 N–H and O–H groups in total. The lowest BCUT2D eigenvalue weighted by Gasteiger charge is -2.33. The maximum Gasteiger partial charge on any atom is 0.178 e. The van der Waals surface area contributed by atoms with Crippen LogP contribution in [0.2, 0.25) is 0 Å². The molecule has 3 aliphatic rings. The van der Waals surface area contributed by atoms with Gasteiger partial charge in [0.1, 0.15) is 0 Å². The topological polar surface area (TPSA) is 39.2 Å². The van der Waals surface area contributed by atoms with Gasteiger partial charge < -0.3 is 19.6 Å². The van der Waals surface area contributed by atoms with Gasteiger partial charge in [-0.15, -0.1) is 0 Å². The minimum Gasteiger partial charge on any atom is -0.395 e. The van der Waals surface area contributed by atoms with Crippen molar-refractivity contribution in [2.45, 2.75) is 18.9 Å². The minimum absolute atomic E-state index is 0.118. The molecule has 1 fully saturated rings. The fourth-order valence-corrected chi connectivity index (χ4v) is 2.39. The van der Waals surface area contributed by atoms with Crippen molar-refractivity contribution in [1.82, 2.24) is 9.80 Å². The zero-order valence-corrected chi connectivity index (χ0v) is 9.34. The van der Waals surface area contributed by atoms with Crippen LogP contribution in [0.5, 0.6) is 0 Å². The summed E-state index contributed by atoms with van der Waals surface area (Å²) < 4.78 is 5.62. The first kappa shape index (κ1) is 9.93. The summed E-state index contributed by atoms with van der Waals surface area (Å²) in [6.07, 6.45) is 9.78. The van der Waals surface area contributed by atoms with E-state index in [0.717, 1.165) is 12.1 Å². The van der Waals surface area contributed by atoms with Gasteiger partial charge in [-0.3, -0.25) is 0 Å². The zero-order chi connectivity index (χ0) is 11.1. The molecule has 1 saturated heterocycles. The van der Waals surface area contributed by atoms with Gasteiger partial charge in [-0.05, 0) is 18.6 Å². The van der Waals surface area contributed by atoms with Crippen LogP contribution in [0, 0.1) is 0 Å². The lowest BCUT2D eigenvalue weighted by atomic mass is 10.2. The van der Waals surface area contributed by atoms with Crippen molar-refractivity contribution in [2.75, 3.05) is 20.2 Å². The maximum atomic E-state index is 9.11. The molecular formula is C12H16N2O2. The van der Waals surface area contributed by atoms with E-state index in [2.05, 4.69) is 41.2 Å². The lowest BCUT2D eigenvalue weighted by molar-refractivity contribution is 0.176. The Hall–Kier alpha value is -1.26. The van der Waals surface area contributed by atoms with E-state index >= 15 is 0 Å². The summed E-state index contributed by atoms with van der Waals surface area (Å²) in [6, 6.07) is 0. The monoisotopic (exact) mass is 220 g/mol. The van der Waals surface area contributed by atoms with E-state index in [4.69, 9.17) is 9.84 Å². The molecule has 0 bridgehead atoms. The molecule has 2 heterocycles. The largest absolute Gasteiger partial charge is 0.395 e. The molecule has 2 aliphatic heterocycles. The second-order valence-electron chi connectivity index (χ2n) is 4.26. The molecule has 0 saturated carbocycles. The van der Waals surface area contributed by atoms with Gasteiger partial charge in [0.25, 0.3) is 0 Å². The molecule has 2 atom stereocenters. The van der Waals surface area contributed by atoms with E-state index in [0.29, 0.717) is 6.54 Å². The first-order chi connectivity index (χ1) is 7.83. The number of epoxide rings is 1. The van der Waals surface area contributed by atoms with Crippen LogP contribution in [0.4, 0.5) is 0 Å². The molecule has 0 aromatic rings. The molecule has 3 rings (SSSR count). The Morgan fingerprint density at radius 3 is 2.81 bits per heavy atom. The van der Waals surface area contributed by atoms with Crippen molar-refractivity contribution in [3.63, 3.8) is 0 Å². The lowest BCUT2D eigenvalue weighted by Crippen LogP contribution is -2.40. The first-order valence-corrected chi connectivity index (χ1v) is 5.66. The minimum atomic E-state index is 0.118. The number of β-amino-alcohol motifs (C(OH)–C–C–N with tert-alkyl or cyclic N) is 1. The molecule has 1 aliphatic carbocycles. The van der Waals surface area contributed by atoms with Crippen LogP contribution in [0.3, 0.4) is 0 Å². The maximum absolute atomic E-state index is 9.11. The van der Waals surface area contributed by atoms with Gasteiger partial charge in [0.15, 0.2) is 12.5 Å². The van der Waals surface area contributed by atoms with Crippen LogP contribution in [0.15, 0.2) is 35.7 Å². The number of aliphatic hydroxyl groups excluding tert-OH is 1. The van der Waals surface area contributed by atoms with Crippen LogP contribution >= 0.6 is 0 Å². The molecule has 16 heavy (non-hydrogen) atoms. The van der Waals surface area contributed by atoms with Crippen molar-refractivity contribution >= 4 is 0 Å². The second-order valence-corrected chi connectivity index (χ2v) is 4.26. The molecule has 0 amide bonds. The van der Waals surface area contributed by atoms with E-state index in [-0.39, 0.29) is 19.1 Å². The van der Waals surface area contributed by atoms with E-state index < -0.39 is 0 Å². The van der Waals surface area contributed by atoms with Crippen LogP contribution in [-0.4, -0.2) is 47.6 Å². The first-order valence-electron chi connectivity index (χ1n) is 5.66. The Labute approximate surface area is 95.1 Å². The summed E-state index contributed by atoms with van der Waals surface area (Å²) in [4.78, 5) is 4.31. The number of ether oxygens (including phenoxy) is 1. The zero-order valence-electron chi connectivity index (χ0n) is 9.34. The van der Waals surface area contributed by atoms with Crippen LogP contribution in [0.1, 0.15) is 6.42 Å². The van der Waals surface area contributed by atoms with Gasteiger partial charge in [0.05, 0.1) is 18.0 Å². The summed E-state index contributed by atoms with van der Waals surface area (Å²) in [5, 5.41) is 9.11. The Bertz CT molecular complexity index is 386. The highest BCUT2D eigenvalue weighted by Gasteiger charge is 2.51. The Morgan fingerprint density at radius 2 is 2.06 bits per heavy atom. The molecule has 86 valence electrons. The Balaban J connectivity index is 2.00. The smallest absolute Gasteiger partial charge is 0.178 e. The number of allylic oxidation sites excluding steroid dienone is 4. The summed E-state index contributed by atoms with van der Waals surface area (Å²) in [6.45, 7) is 0.788. The number of hydrogen-bond acceptors (Lipinski definition) is 4. The fraction of sp³-hybridized carbons (Fsp3) is 0.500. The predicted molar refractivity (Wildman–Crippen MR) is 60.1 cm³/mol. The third-order valence-corrected chi connectivity index (χ3v) is 3.25. The van der Waals surface area contributed by atoms with Crippen molar-refractivity contribution in [3.05, 3.63) is 35.7 Å². The van der Waals surface area contributed by atoms with Crippen molar-refractivity contribution in [3.8, 4) is 0 Å². The third-order valence-electron chi connectivity index (χ3n) is 3.25. The number of likely N-dealkylation sites (N-methyl/N-ethyl adjacent to an activating group) is 1. The van der Waals surface area contributed by atoms with E-state index in [1.165, 1.54) is 5.70 Å². The molecule has 0 aromatic heterocycles.